The lowest BCUT2D eigenvalue weighted by Gasteiger charge is -2.32. The van der Waals surface area contributed by atoms with Crippen LogP contribution in [0.1, 0.15) is 22.5 Å². The number of nitrogens with zero attached hydrogens (tertiary/aromatic N) is 4. The maximum absolute atomic E-state index is 6.64. The number of hydrogen-bond donors (Lipinski definition) is 0. The maximum Gasteiger partial charge on any atom is 0.238 e. The molecule has 0 saturated heterocycles. The molecule has 64 heavy (non-hydrogen) atoms. The molecule has 9 aromatic carbocycles. The summed E-state index contributed by atoms with van der Waals surface area (Å²) >= 11 is 0. The van der Waals surface area contributed by atoms with E-state index in [2.05, 4.69) is 174 Å². The van der Waals surface area contributed by atoms with E-state index in [0.29, 0.717) is 17.6 Å². The number of rotatable bonds is 5. The topological polar surface area (TPSA) is 69.9 Å². The van der Waals surface area contributed by atoms with Gasteiger partial charge in [-0.25, -0.2) is 4.98 Å². The first-order chi connectivity index (χ1) is 31.7. The monoisotopic (exact) mass is 818 g/mol. The quantitative estimate of drug-likeness (QED) is 0.173. The number of aromatic nitrogens is 4. The Morgan fingerprint density at radius 2 is 0.969 bits per heavy atom. The molecule has 0 atom stereocenters. The fourth-order valence-corrected chi connectivity index (χ4v) is 10.6. The number of furan rings is 2. The Morgan fingerprint density at radius 3 is 1.75 bits per heavy atom. The SMILES string of the molecule is c1ccc(-c2cccc3c4ccccc4n(-c4nc(-c5ccc6oc7ccccc7c6c5)nc(C5(c6ccc7c(c6)oc6ccccc67)c6ccccc6-c6ccccc65)n4)c23)cc1. The Kier molecular flexibility index (Phi) is 7.22. The standard InChI is InChI=1S/C58H34N4O2/c1-2-15-35(16-3-1)38-22-14-23-45-41-19-6-11-26-49(41)62(54(38)45)57-60-55(36-29-32-52-46(33-36)43-21-8-13-28-51(43)63-52)59-56(61-57)58(47-24-9-4-17-39(47)40-18-5-10-25-48(40)58)37-30-31-44-42-20-7-12-27-50(42)64-53(44)34-37/h1-34H. The first kappa shape index (κ1) is 35.0. The molecular weight excluding hydrogens is 785 g/mol. The second kappa shape index (κ2) is 13.2. The molecule has 4 heterocycles. The van der Waals surface area contributed by atoms with Crippen molar-refractivity contribution in [3.05, 3.63) is 229 Å². The van der Waals surface area contributed by atoms with E-state index in [-0.39, 0.29) is 0 Å². The second-order valence-electron chi connectivity index (χ2n) is 16.7. The molecule has 0 radical (unpaired) electrons. The van der Waals surface area contributed by atoms with Gasteiger partial charge in [-0.2, -0.15) is 9.97 Å². The highest BCUT2D eigenvalue weighted by molar-refractivity contribution is 6.14. The van der Waals surface area contributed by atoms with Gasteiger partial charge in [-0.1, -0.05) is 164 Å². The highest BCUT2D eigenvalue weighted by Gasteiger charge is 2.49. The maximum atomic E-state index is 6.64. The van der Waals surface area contributed by atoms with Gasteiger partial charge in [-0.05, 0) is 75.8 Å². The third-order valence-electron chi connectivity index (χ3n) is 13.3. The van der Waals surface area contributed by atoms with Gasteiger partial charge in [0.05, 0.1) is 11.0 Å². The van der Waals surface area contributed by atoms with Crippen molar-refractivity contribution in [1.29, 1.82) is 0 Å². The van der Waals surface area contributed by atoms with Gasteiger partial charge in [0.2, 0.25) is 5.95 Å². The predicted molar refractivity (Wildman–Crippen MR) is 257 cm³/mol. The third-order valence-corrected chi connectivity index (χ3v) is 13.3. The normalized spacial score (nSPS) is 13.1. The summed E-state index contributed by atoms with van der Waals surface area (Å²) in [6.07, 6.45) is 0. The molecule has 14 rings (SSSR count). The van der Waals surface area contributed by atoms with Crippen LogP contribution in [-0.2, 0) is 5.41 Å². The van der Waals surface area contributed by atoms with Gasteiger partial charge in [0, 0.05) is 43.4 Å². The minimum absolute atomic E-state index is 0.526. The van der Waals surface area contributed by atoms with Gasteiger partial charge >= 0.3 is 0 Å². The highest BCUT2D eigenvalue weighted by Crippen LogP contribution is 2.56. The summed E-state index contributed by atoms with van der Waals surface area (Å²) in [6.45, 7) is 0. The zero-order valence-corrected chi connectivity index (χ0v) is 34.2. The molecule has 0 bridgehead atoms. The van der Waals surface area contributed by atoms with E-state index < -0.39 is 5.41 Å². The van der Waals surface area contributed by atoms with Crippen LogP contribution < -0.4 is 0 Å². The van der Waals surface area contributed by atoms with Crippen molar-refractivity contribution in [2.45, 2.75) is 5.41 Å². The molecular formula is C58H34N4O2. The molecule has 1 aliphatic carbocycles. The Morgan fingerprint density at radius 1 is 0.375 bits per heavy atom. The smallest absolute Gasteiger partial charge is 0.238 e. The summed E-state index contributed by atoms with van der Waals surface area (Å²) < 4.78 is 15.2. The van der Waals surface area contributed by atoms with Crippen LogP contribution in [0.5, 0.6) is 0 Å². The van der Waals surface area contributed by atoms with Gasteiger partial charge in [-0.3, -0.25) is 4.57 Å². The lowest BCUT2D eigenvalue weighted by Crippen LogP contribution is -2.32. The Bertz CT molecular complexity index is 4000. The molecule has 0 spiro atoms. The van der Waals surface area contributed by atoms with Gasteiger partial charge in [0.15, 0.2) is 11.6 Å². The second-order valence-corrected chi connectivity index (χ2v) is 16.7. The highest BCUT2D eigenvalue weighted by atomic mass is 16.3. The zero-order valence-electron chi connectivity index (χ0n) is 34.2. The van der Waals surface area contributed by atoms with Crippen LogP contribution in [0.4, 0.5) is 0 Å². The number of fused-ring (bicyclic) bond motifs is 12. The molecule has 13 aromatic rings. The number of hydrogen-bond acceptors (Lipinski definition) is 5. The van der Waals surface area contributed by atoms with Crippen LogP contribution in [0.3, 0.4) is 0 Å². The summed E-state index contributed by atoms with van der Waals surface area (Å²) in [5.74, 6) is 1.69. The average Bonchev–Trinajstić information content (AvgIpc) is 4.11. The van der Waals surface area contributed by atoms with Crippen LogP contribution >= 0.6 is 0 Å². The first-order valence-corrected chi connectivity index (χ1v) is 21.6. The molecule has 0 aliphatic heterocycles. The van der Waals surface area contributed by atoms with Gasteiger partial charge in [-0.15, -0.1) is 0 Å². The summed E-state index contributed by atoms with van der Waals surface area (Å²) in [5.41, 5.74) is 12.9. The van der Waals surface area contributed by atoms with Crippen molar-refractivity contribution in [3.8, 4) is 39.6 Å². The average molecular weight is 819 g/mol. The van der Waals surface area contributed by atoms with Crippen molar-refractivity contribution in [1.82, 2.24) is 19.5 Å². The molecule has 0 saturated carbocycles. The molecule has 0 amide bonds. The largest absolute Gasteiger partial charge is 0.456 e. The minimum Gasteiger partial charge on any atom is -0.456 e. The number of para-hydroxylation sites is 4. The lowest BCUT2D eigenvalue weighted by atomic mass is 9.71. The molecule has 0 N–H and O–H groups in total. The summed E-state index contributed by atoms with van der Waals surface area (Å²) in [7, 11) is 0. The van der Waals surface area contributed by atoms with Crippen molar-refractivity contribution in [2.75, 3.05) is 0 Å². The Labute approximate surface area is 366 Å². The van der Waals surface area contributed by atoms with Gasteiger partial charge in [0.1, 0.15) is 27.7 Å². The van der Waals surface area contributed by atoms with Gasteiger partial charge < -0.3 is 8.83 Å². The lowest BCUT2D eigenvalue weighted by molar-refractivity contribution is 0.659. The molecule has 0 fully saturated rings. The van der Waals surface area contributed by atoms with Crippen molar-refractivity contribution < 1.29 is 8.83 Å². The van der Waals surface area contributed by atoms with E-state index in [4.69, 9.17) is 23.8 Å². The number of benzene rings is 9. The van der Waals surface area contributed by atoms with E-state index in [1.165, 1.54) is 0 Å². The molecule has 6 nitrogen and oxygen atoms in total. The van der Waals surface area contributed by atoms with E-state index >= 15 is 0 Å². The van der Waals surface area contributed by atoms with E-state index in [1.54, 1.807) is 0 Å². The van der Waals surface area contributed by atoms with Gasteiger partial charge in [0.25, 0.3) is 0 Å². The molecule has 4 aromatic heterocycles. The van der Waals surface area contributed by atoms with Crippen molar-refractivity contribution >= 4 is 65.7 Å². The molecule has 6 heteroatoms. The summed E-state index contributed by atoms with van der Waals surface area (Å²) in [5, 5.41) is 6.42. The zero-order chi connectivity index (χ0) is 41.9. The minimum atomic E-state index is -0.972. The van der Waals surface area contributed by atoms with Crippen molar-refractivity contribution in [3.63, 3.8) is 0 Å². The van der Waals surface area contributed by atoms with Crippen LogP contribution in [0.15, 0.2) is 215 Å². The van der Waals surface area contributed by atoms with Crippen LogP contribution in [0, 0.1) is 0 Å². The van der Waals surface area contributed by atoms with Crippen LogP contribution in [0.25, 0.3) is 105 Å². The van der Waals surface area contributed by atoms with Crippen molar-refractivity contribution in [2.24, 2.45) is 0 Å². The Hall–Kier alpha value is -8.61. The van der Waals surface area contributed by atoms with E-state index in [0.717, 1.165) is 110 Å². The summed E-state index contributed by atoms with van der Waals surface area (Å²) in [6, 6.07) is 72.4. The fraction of sp³-hybridized carbons (Fsp3) is 0.0172. The fourth-order valence-electron chi connectivity index (χ4n) is 10.6. The molecule has 1 aliphatic rings. The van der Waals surface area contributed by atoms with E-state index in [1.807, 2.05) is 36.4 Å². The molecule has 298 valence electrons. The van der Waals surface area contributed by atoms with Crippen LogP contribution in [-0.4, -0.2) is 19.5 Å². The Balaban J connectivity index is 1.14. The summed E-state index contributed by atoms with van der Waals surface area (Å²) in [4.78, 5) is 17.0. The molecule has 0 unspecified atom stereocenters. The predicted octanol–water partition coefficient (Wildman–Crippen LogP) is 14.5. The third kappa shape index (κ3) is 4.82. The van der Waals surface area contributed by atoms with E-state index in [9.17, 15) is 0 Å². The van der Waals surface area contributed by atoms with Crippen LogP contribution in [0.2, 0.25) is 0 Å². The first-order valence-electron chi connectivity index (χ1n) is 21.6.